The number of likely N-dealkylation sites (tertiary alicyclic amines) is 1. The van der Waals surface area contributed by atoms with Crippen molar-refractivity contribution in [3.8, 4) is 0 Å². The fourth-order valence-corrected chi connectivity index (χ4v) is 12.4. The molecule has 2 N–H and O–H groups in total. The number of halogens is 2. The first-order valence-electron chi connectivity index (χ1n) is 22.3. The van der Waals surface area contributed by atoms with Gasteiger partial charge in [0.15, 0.2) is 0 Å². The van der Waals surface area contributed by atoms with E-state index in [4.69, 9.17) is 0 Å². The third-order valence-electron chi connectivity index (χ3n) is 15.7. The van der Waals surface area contributed by atoms with Crippen molar-refractivity contribution >= 4 is 38.9 Å². The van der Waals surface area contributed by atoms with E-state index in [9.17, 15) is 28.6 Å². The van der Waals surface area contributed by atoms with E-state index in [1.165, 1.54) is 63.5 Å². The highest BCUT2D eigenvalue weighted by molar-refractivity contribution is 6.01. The highest BCUT2D eigenvalue weighted by Crippen LogP contribution is 2.51. The maximum Gasteiger partial charge on any atom is 0.250 e. The largest absolute Gasteiger partial charge is 0.396 e. The molecule has 1 fully saturated rings. The van der Waals surface area contributed by atoms with Gasteiger partial charge < -0.3 is 24.2 Å². The van der Waals surface area contributed by atoms with Crippen LogP contribution in [0, 0.1) is 23.7 Å². The van der Waals surface area contributed by atoms with Gasteiger partial charge in [0.1, 0.15) is 11.6 Å². The number of carbonyl (C=O) groups excluding carboxylic acids is 2. The molecule has 0 amide bonds. The summed E-state index contributed by atoms with van der Waals surface area (Å²) in [6.07, 6.45) is 10.9. The molecule has 7 unspecified atom stereocenters. The van der Waals surface area contributed by atoms with Gasteiger partial charge in [0, 0.05) is 108 Å². The summed E-state index contributed by atoms with van der Waals surface area (Å²) in [5, 5.41) is 21.7. The van der Waals surface area contributed by atoms with Crippen molar-refractivity contribution in [1.29, 1.82) is 0 Å². The molecule has 7 atom stereocenters. The van der Waals surface area contributed by atoms with E-state index in [0.717, 1.165) is 64.2 Å². The van der Waals surface area contributed by atoms with Gasteiger partial charge in [-0.15, -0.1) is 0 Å². The minimum Gasteiger partial charge on any atom is -0.396 e. The number of aromatic nitrogens is 2. The Labute approximate surface area is 347 Å². The molecule has 10 heteroatoms. The van der Waals surface area contributed by atoms with Gasteiger partial charge in [0.2, 0.25) is 0 Å². The Balaban J connectivity index is 0.000000152. The number of benzene rings is 2. The SMILES string of the molecule is CCC(CO)CC(=O)C1CN(C)C2Cc3c4n(c5cccc(c35)C2(C)C1)CCC4.CN1CC(C(=O)CC(CO)C(C)(F)F)C=C2c3cccc4c3c(c3n4CCC3)CC21. The number of fused-ring (bicyclic) bond motifs is 10. The molecular weight excluding hydrogens is 747 g/mol. The van der Waals surface area contributed by atoms with E-state index >= 15 is 0 Å². The zero-order valence-corrected chi connectivity index (χ0v) is 35.6. The minimum absolute atomic E-state index is 0.00339. The third-order valence-corrected chi connectivity index (χ3v) is 15.7. The van der Waals surface area contributed by atoms with E-state index in [1.807, 2.05) is 13.1 Å². The first kappa shape index (κ1) is 40.7. The van der Waals surface area contributed by atoms with Crippen molar-refractivity contribution in [2.45, 2.75) is 121 Å². The fourth-order valence-electron chi connectivity index (χ4n) is 12.4. The van der Waals surface area contributed by atoms with Crippen LogP contribution in [0.5, 0.6) is 0 Å². The van der Waals surface area contributed by atoms with Gasteiger partial charge in [-0.05, 0) is 112 Å². The number of likely N-dealkylation sites (N-methyl/N-ethyl adjacent to an activating group) is 2. The molecule has 4 aliphatic heterocycles. The van der Waals surface area contributed by atoms with Crippen LogP contribution >= 0.6 is 0 Å². The van der Waals surface area contributed by atoms with Gasteiger partial charge in [0.25, 0.3) is 5.92 Å². The van der Waals surface area contributed by atoms with Gasteiger partial charge in [-0.1, -0.05) is 50.6 Å². The van der Waals surface area contributed by atoms with E-state index in [2.05, 4.69) is 76.2 Å². The van der Waals surface area contributed by atoms with Crippen molar-refractivity contribution in [2.75, 3.05) is 40.4 Å². The monoisotopic (exact) mass is 808 g/mol. The zero-order valence-electron chi connectivity index (χ0n) is 35.6. The highest BCUT2D eigenvalue weighted by Gasteiger charge is 2.50. The lowest BCUT2D eigenvalue weighted by Crippen LogP contribution is -2.58. The lowest BCUT2D eigenvalue weighted by Gasteiger charge is -2.52. The summed E-state index contributed by atoms with van der Waals surface area (Å²) >= 11 is 0. The molecule has 10 rings (SSSR count). The number of ketones is 2. The number of aliphatic hydroxyl groups excluding tert-OH is 2. The van der Waals surface area contributed by atoms with Crippen LogP contribution in [-0.2, 0) is 53.8 Å². The molecule has 59 heavy (non-hydrogen) atoms. The quantitative estimate of drug-likeness (QED) is 0.174. The number of rotatable bonds is 10. The van der Waals surface area contributed by atoms with Crippen molar-refractivity contribution in [2.24, 2.45) is 23.7 Å². The van der Waals surface area contributed by atoms with Gasteiger partial charge >= 0.3 is 0 Å². The summed E-state index contributed by atoms with van der Waals surface area (Å²) in [5.41, 5.74) is 12.5. The third kappa shape index (κ3) is 6.66. The zero-order chi connectivity index (χ0) is 41.5. The van der Waals surface area contributed by atoms with Crippen LogP contribution in [-0.4, -0.2) is 99.1 Å². The van der Waals surface area contributed by atoms with E-state index < -0.39 is 24.4 Å². The second-order valence-electron chi connectivity index (χ2n) is 19.3. The van der Waals surface area contributed by atoms with Gasteiger partial charge in [-0.2, -0.15) is 0 Å². The predicted octanol–water partition coefficient (Wildman–Crippen LogP) is 7.38. The Kier molecular flexibility index (Phi) is 10.6. The minimum atomic E-state index is -3.07. The van der Waals surface area contributed by atoms with Crippen LogP contribution in [0.3, 0.4) is 0 Å². The molecule has 6 heterocycles. The maximum absolute atomic E-state index is 13.7. The molecule has 6 aliphatic rings. The summed E-state index contributed by atoms with van der Waals surface area (Å²) in [6.45, 7) is 8.25. The molecule has 0 spiro atoms. The van der Waals surface area contributed by atoms with Crippen LogP contribution in [0.25, 0.3) is 27.4 Å². The molecule has 2 aliphatic carbocycles. The number of hydrogen-bond donors (Lipinski definition) is 2. The second kappa shape index (κ2) is 15.3. The normalized spacial score (nSPS) is 27.0. The van der Waals surface area contributed by atoms with Gasteiger partial charge in [-0.3, -0.25) is 14.5 Å². The average Bonchev–Trinajstić information content (AvgIpc) is 4.01. The number of aryl methyl sites for hydroxylation is 2. The summed E-state index contributed by atoms with van der Waals surface area (Å²) in [5.74, 6) is -4.53. The second-order valence-corrected chi connectivity index (χ2v) is 19.3. The van der Waals surface area contributed by atoms with Crippen molar-refractivity contribution in [1.82, 2.24) is 18.9 Å². The molecule has 4 aromatic rings. The Morgan fingerprint density at radius 2 is 1.53 bits per heavy atom. The lowest BCUT2D eigenvalue weighted by molar-refractivity contribution is -0.129. The Hall–Kier alpha value is -3.70. The van der Waals surface area contributed by atoms with Crippen LogP contribution < -0.4 is 0 Å². The molecule has 2 aromatic heterocycles. The van der Waals surface area contributed by atoms with E-state index in [1.54, 1.807) is 11.3 Å². The topological polar surface area (TPSA) is 90.9 Å². The summed E-state index contributed by atoms with van der Waals surface area (Å²) in [6, 6.07) is 13.9. The summed E-state index contributed by atoms with van der Waals surface area (Å²) < 4.78 is 32.4. The number of nitrogens with zero attached hydrogens (tertiary/aromatic N) is 4. The standard InChI is InChI=1S/C25H34N2O2.C24H28F2N2O2/c1-4-16(15-28)11-22(29)17-13-25(2)19-7-5-8-21-24(19)18(12-23(25)26(3)14-17)20-9-6-10-27(20)21;1-24(25,26)15(13-29)10-22(30)14-9-17-16-5-3-6-20-23(16)18(11-21(17)27(2)12-14)19-7-4-8-28(19)20/h5,7-8,16-17,23,28H,4,6,9-15H2,1-3H3;3,5-6,9,14-15,21,29H,4,7-8,10-13H2,1-2H3. The Morgan fingerprint density at radius 1 is 0.864 bits per heavy atom. The maximum atomic E-state index is 13.7. The number of Topliss-reactive ketones (excluding diaryl/α,β-unsaturated/α-hetero) is 2. The van der Waals surface area contributed by atoms with Crippen LogP contribution in [0.4, 0.5) is 8.78 Å². The smallest absolute Gasteiger partial charge is 0.250 e. The van der Waals surface area contributed by atoms with Gasteiger partial charge in [0.05, 0.1) is 12.5 Å². The first-order chi connectivity index (χ1) is 28.3. The molecular formula is C49H62F2N4O4. The van der Waals surface area contributed by atoms with E-state index in [-0.39, 0.29) is 42.1 Å². The Bertz CT molecular complexity index is 2330. The molecule has 0 bridgehead atoms. The summed E-state index contributed by atoms with van der Waals surface area (Å²) in [4.78, 5) is 30.7. The van der Waals surface area contributed by atoms with Crippen LogP contribution in [0.15, 0.2) is 42.5 Å². The summed E-state index contributed by atoms with van der Waals surface area (Å²) in [7, 11) is 4.24. The van der Waals surface area contributed by atoms with Crippen LogP contribution in [0.1, 0.15) is 92.9 Å². The Morgan fingerprint density at radius 3 is 2.17 bits per heavy atom. The fraction of sp³-hybridized carbons (Fsp3) is 0.592. The number of carbonyl (C=O) groups is 2. The molecule has 316 valence electrons. The van der Waals surface area contributed by atoms with Crippen LogP contribution in [0.2, 0.25) is 0 Å². The molecule has 8 nitrogen and oxygen atoms in total. The van der Waals surface area contributed by atoms with Crippen molar-refractivity contribution < 1.29 is 28.6 Å². The number of piperidine rings is 1. The molecule has 0 radical (unpaired) electrons. The first-order valence-corrected chi connectivity index (χ1v) is 22.3. The number of hydrogen-bond acceptors (Lipinski definition) is 6. The van der Waals surface area contributed by atoms with E-state index in [0.29, 0.717) is 24.8 Å². The average molecular weight is 809 g/mol. The lowest BCUT2D eigenvalue weighted by atomic mass is 9.61. The van der Waals surface area contributed by atoms with Gasteiger partial charge in [-0.25, -0.2) is 8.78 Å². The highest BCUT2D eigenvalue weighted by atomic mass is 19.3. The number of alkyl halides is 2. The molecule has 1 saturated heterocycles. The molecule has 2 aromatic carbocycles. The van der Waals surface area contributed by atoms with Crippen molar-refractivity contribution in [3.63, 3.8) is 0 Å². The predicted molar refractivity (Wildman–Crippen MR) is 229 cm³/mol. The van der Waals surface area contributed by atoms with Crippen molar-refractivity contribution in [3.05, 3.63) is 76.1 Å². The number of aliphatic hydroxyl groups is 2. The molecule has 0 saturated carbocycles.